The van der Waals surface area contributed by atoms with Gasteiger partial charge in [-0.15, -0.1) is 0 Å². The lowest BCUT2D eigenvalue weighted by molar-refractivity contribution is 0.353. The van der Waals surface area contributed by atoms with Gasteiger partial charge in [-0.25, -0.2) is 9.97 Å². The Hall–Kier alpha value is -5.80. The SMILES string of the molecule is c1ccc(-c2cc(-c3ccc4oc5c(-c6ccc7c(c6)-c6ccccc6C76CCCCC6)cccc5c4c3)nc(-c3ccccc3)n2)cc1. The summed E-state index contributed by atoms with van der Waals surface area (Å²) in [7, 11) is 0. The molecule has 0 unspecified atom stereocenters. The molecule has 2 aliphatic rings. The zero-order chi connectivity index (χ0) is 32.4. The predicted octanol–water partition coefficient (Wildman–Crippen LogP) is 12.3. The van der Waals surface area contributed by atoms with E-state index in [1.54, 1.807) is 0 Å². The van der Waals surface area contributed by atoms with Gasteiger partial charge in [-0.3, -0.25) is 0 Å². The van der Waals surface area contributed by atoms with E-state index in [0.717, 1.165) is 55.6 Å². The highest BCUT2D eigenvalue weighted by Crippen LogP contribution is 2.56. The van der Waals surface area contributed by atoms with E-state index in [2.05, 4.69) is 109 Å². The summed E-state index contributed by atoms with van der Waals surface area (Å²) in [5, 5.41) is 2.20. The molecule has 0 amide bonds. The molecule has 2 aliphatic carbocycles. The van der Waals surface area contributed by atoms with E-state index >= 15 is 0 Å². The molecule has 2 heterocycles. The molecule has 0 bridgehead atoms. The fourth-order valence-electron chi connectivity index (χ4n) is 8.58. The van der Waals surface area contributed by atoms with E-state index in [1.165, 1.54) is 59.9 Å². The van der Waals surface area contributed by atoms with Crippen LogP contribution in [0, 0.1) is 0 Å². The Morgan fingerprint density at radius 2 is 1.12 bits per heavy atom. The molecule has 3 heteroatoms. The van der Waals surface area contributed by atoms with E-state index in [9.17, 15) is 0 Å². The van der Waals surface area contributed by atoms with Crippen molar-refractivity contribution in [2.75, 3.05) is 0 Å². The number of furan rings is 1. The Morgan fingerprint density at radius 1 is 0.449 bits per heavy atom. The molecule has 10 rings (SSSR count). The fraction of sp³-hybridized carbons (Fsp3) is 0.130. The zero-order valence-electron chi connectivity index (χ0n) is 27.2. The number of hydrogen-bond acceptors (Lipinski definition) is 3. The van der Waals surface area contributed by atoms with Crippen LogP contribution in [0.25, 0.3) is 78.1 Å². The molecule has 1 saturated carbocycles. The van der Waals surface area contributed by atoms with Crippen molar-refractivity contribution < 1.29 is 4.42 Å². The summed E-state index contributed by atoms with van der Waals surface area (Å²) in [6.45, 7) is 0. The van der Waals surface area contributed by atoms with Crippen LogP contribution in [-0.4, -0.2) is 9.97 Å². The molecule has 49 heavy (non-hydrogen) atoms. The summed E-state index contributed by atoms with van der Waals surface area (Å²) in [5.74, 6) is 0.713. The summed E-state index contributed by atoms with van der Waals surface area (Å²) >= 11 is 0. The lowest BCUT2D eigenvalue weighted by atomic mass is 9.68. The third-order valence-corrected chi connectivity index (χ3v) is 10.9. The second kappa shape index (κ2) is 11.1. The first-order chi connectivity index (χ1) is 24.2. The Labute approximate surface area is 285 Å². The first-order valence-electron chi connectivity index (χ1n) is 17.5. The monoisotopic (exact) mass is 630 g/mol. The van der Waals surface area contributed by atoms with Gasteiger partial charge in [0.2, 0.25) is 0 Å². The van der Waals surface area contributed by atoms with E-state index in [-0.39, 0.29) is 5.41 Å². The van der Waals surface area contributed by atoms with E-state index < -0.39 is 0 Å². The van der Waals surface area contributed by atoms with Crippen molar-refractivity contribution in [3.05, 3.63) is 157 Å². The van der Waals surface area contributed by atoms with Crippen LogP contribution in [0.3, 0.4) is 0 Å². The van der Waals surface area contributed by atoms with Gasteiger partial charge < -0.3 is 4.42 Å². The van der Waals surface area contributed by atoms with Crippen LogP contribution in [0.4, 0.5) is 0 Å². The normalized spacial score (nSPS) is 14.7. The zero-order valence-corrected chi connectivity index (χ0v) is 27.2. The molecular weight excluding hydrogens is 597 g/mol. The smallest absolute Gasteiger partial charge is 0.160 e. The van der Waals surface area contributed by atoms with Gasteiger partial charge in [0.15, 0.2) is 5.82 Å². The van der Waals surface area contributed by atoms with E-state index in [4.69, 9.17) is 14.4 Å². The first-order valence-corrected chi connectivity index (χ1v) is 17.5. The second-order valence-electron chi connectivity index (χ2n) is 13.6. The second-order valence-corrected chi connectivity index (χ2v) is 13.6. The van der Waals surface area contributed by atoms with Gasteiger partial charge in [0.1, 0.15) is 11.2 Å². The summed E-state index contributed by atoms with van der Waals surface area (Å²) in [6, 6.07) is 51.9. The van der Waals surface area contributed by atoms with Gasteiger partial charge in [0, 0.05) is 38.4 Å². The Kier molecular flexibility index (Phi) is 6.42. The number of aromatic nitrogens is 2. The average Bonchev–Trinajstić information content (AvgIpc) is 3.68. The molecule has 8 aromatic rings. The maximum Gasteiger partial charge on any atom is 0.160 e. The largest absolute Gasteiger partial charge is 0.455 e. The van der Waals surface area contributed by atoms with Crippen LogP contribution < -0.4 is 0 Å². The summed E-state index contributed by atoms with van der Waals surface area (Å²) in [5.41, 5.74) is 15.0. The average molecular weight is 631 g/mol. The predicted molar refractivity (Wildman–Crippen MR) is 200 cm³/mol. The van der Waals surface area contributed by atoms with Gasteiger partial charge in [-0.1, -0.05) is 135 Å². The third-order valence-electron chi connectivity index (χ3n) is 10.9. The molecule has 0 saturated heterocycles. The van der Waals surface area contributed by atoms with Gasteiger partial charge in [-0.2, -0.15) is 0 Å². The minimum atomic E-state index is 0.159. The standard InChI is InChI=1S/C46H34N2O/c1-4-13-30(14-5-1)41-29-42(48-45(47-41)31-15-6-2-7-16-31)33-22-24-43-38(28-33)36-19-12-18-34(44(36)49-43)32-21-23-40-37(27-32)35-17-8-9-20-39(35)46(40)25-10-3-11-26-46/h1-2,4-9,12-24,27-29H,3,10-11,25-26H2. The topological polar surface area (TPSA) is 38.9 Å². The molecule has 1 spiro atoms. The number of nitrogens with zero attached hydrogens (tertiary/aromatic N) is 2. The molecule has 0 N–H and O–H groups in total. The number of fused-ring (bicyclic) bond motifs is 8. The number of para-hydroxylation sites is 1. The Balaban J connectivity index is 1.10. The fourth-order valence-corrected chi connectivity index (χ4v) is 8.58. The van der Waals surface area contributed by atoms with Crippen molar-refractivity contribution in [1.82, 2.24) is 9.97 Å². The van der Waals surface area contributed by atoms with Crippen LogP contribution in [-0.2, 0) is 5.41 Å². The van der Waals surface area contributed by atoms with Gasteiger partial charge >= 0.3 is 0 Å². The maximum atomic E-state index is 6.68. The lowest BCUT2D eigenvalue weighted by Crippen LogP contribution is -2.27. The molecular formula is C46H34N2O. The van der Waals surface area contributed by atoms with E-state index in [1.807, 2.05) is 36.4 Å². The Bertz CT molecular complexity index is 2470. The van der Waals surface area contributed by atoms with Crippen LogP contribution in [0.2, 0.25) is 0 Å². The molecule has 2 aromatic heterocycles. The summed E-state index contributed by atoms with van der Waals surface area (Å²) in [6.07, 6.45) is 6.42. The minimum Gasteiger partial charge on any atom is -0.455 e. The molecule has 0 radical (unpaired) electrons. The van der Waals surface area contributed by atoms with Gasteiger partial charge in [0.05, 0.1) is 11.4 Å². The molecule has 0 atom stereocenters. The number of benzene rings is 6. The molecule has 0 aliphatic heterocycles. The van der Waals surface area contributed by atoms with Crippen molar-refractivity contribution in [2.45, 2.75) is 37.5 Å². The highest BCUT2D eigenvalue weighted by atomic mass is 16.3. The van der Waals surface area contributed by atoms with Crippen LogP contribution in [0.15, 0.2) is 150 Å². The summed E-state index contributed by atoms with van der Waals surface area (Å²) in [4.78, 5) is 10.1. The first kappa shape index (κ1) is 28.2. The lowest BCUT2D eigenvalue weighted by Gasteiger charge is -2.36. The highest BCUT2D eigenvalue weighted by Gasteiger charge is 2.43. The van der Waals surface area contributed by atoms with Crippen molar-refractivity contribution in [1.29, 1.82) is 0 Å². The minimum absolute atomic E-state index is 0.159. The number of hydrogen-bond donors (Lipinski definition) is 0. The number of rotatable bonds is 4. The molecule has 1 fully saturated rings. The Morgan fingerprint density at radius 3 is 1.94 bits per heavy atom. The van der Waals surface area contributed by atoms with Crippen LogP contribution in [0.5, 0.6) is 0 Å². The van der Waals surface area contributed by atoms with Crippen LogP contribution >= 0.6 is 0 Å². The maximum absolute atomic E-state index is 6.68. The van der Waals surface area contributed by atoms with Gasteiger partial charge in [-0.05, 0) is 71.0 Å². The van der Waals surface area contributed by atoms with Crippen molar-refractivity contribution in [3.8, 4) is 56.2 Å². The molecule has 3 nitrogen and oxygen atoms in total. The van der Waals surface area contributed by atoms with Crippen molar-refractivity contribution in [2.24, 2.45) is 0 Å². The van der Waals surface area contributed by atoms with Crippen molar-refractivity contribution >= 4 is 21.9 Å². The molecule has 234 valence electrons. The quantitative estimate of drug-likeness (QED) is 0.194. The highest BCUT2D eigenvalue weighted by molar-refractivity contribution is 6.10. The van der Waals surface area contributed by atoms with E-state index in [0.29, 0.717) is 5.82 Å². The van der Waals surface area contributed by atoms with Gasteiger partial charge in [0.25, 0.3) is 0 Å². The molecule has 6 aromatic carbocycles. The van der Waals surface area contributed by atoms with Crippen LogP contribution in [0.1, 0.15) is 43.2 Å². The third kappa shape index (κ3) is 4.49. The van der Waals surface area contributed by atoms with Crippen molar-refractivity contribution in [3.63, 3.8) is 0 Å². The summed E-state index contributed by atoms with van der Waals surface area (Å²) < 4.78 is 6.68.